The molecule has 0 radical (unpaired) electrons. The second-order valence-corrected chi connectivity index (χ2v) is 4.42. The second-order valence-electron chi connectivity index (χ2n) is 4.42. The summed E-state index contributed by atoms with van der Waals surface area (Å²) < 4.78 is 12.6. The minimum Gasteiger partial charge on any atom is -0.480 e. The highest BCUT2D eigenvalue weighted by atomic mass is 19.1. The zero-order chi connectivity index (χ0) is 13.2. The fourth-order valence-electron chi connectivity index (χ4n) is 2.17. The molecule has 0 spiro atoms. The first-order chi connectivity index (χ1) is 8.53. The van der Waals surface area contributed by atoms with Crippen LogP contribution in [0.1, 0.15) is 36.0 Å². The normalized spacial score (nSPS) is 17.4. The molecule has 6 heteroatoms. The standard InChI is InChI=1S/C12H13FN2O3/c13-9-4-3-8(7-14-9)10(16)15-12(11(17)18)5-1-2-6-12/h3-4,7H,1-2,5-6H2,(H,15,16)(H,17,18). The molecular weight excluding hydrogens is 239 g/mol. The number of rotatable bonds is 3. The van der Waals surface area contributed by atoms with E-state index in [2.05, 4.69) is 10.3 Å². The summed E-state index contributed by atoms with van der Waals surface area (Å²) in [5.41, 5.74) is -1.03. The fraction of sp³-hybridized carbons (Fsp3) is 0.417. The fourth-order valence-corrected chi connectivity index (χ4v) is 2.17. The number of carbonyl (C=O) groups is 2. The van der Waals surface area contributed by atoms with Gasteiger partial charge in [-0.2, -0.15) is 4.39 Å². The van der Waals surface area contributed by atoms with Crippen LogP contribution in [-0.2, 0) is 4.79 Å². The summed E-state index contributed by atoms with van der Waals surface area (Å²) in [7, 11) is 0. The Labute approximate surface area is 103 Å². The van der Waals surface area contributed by atoms with Crippen LogP contribution in [0.25, 0.3) is 0 Å². The Morgan fingerprint density at radius 2 is 2.00 bits per heavy atom. The van der Waals surface area contributed by atoms with E-state index in [0.29, 0.717) is 12.8 Å². The van der Waals surface area contributed by atoms with E-state index < -0.39 is 23.4 Å². The van der Waals surface area contributed by atoms with Crippen LogP contribution in [0, 0.1) is 5.95 Å². The molecule has 0 bridgehead atoms. The lowest BCUT2D eigenvalue weighted by atomic mass is 9.97. The van der Waals surface area contributed by atoms with Crippen LogP contribution >= 0.6 is 0 Å². The van der Waals surface area contributed by atoms with Gasteiger partial charge in [0.15, 0.2) is 0 Å². The number of pyridine rings is 1. The third-order valence-electron chi connectivity index (χ3n) is 3.21. The van der Waals surface area contributed by atoms with Crippen LogP contribution in [0.2, 0.25) is 0 Å². The van der Waals surface area contributed by atoms with E-state index in [0.717, 1.165) is 25.1 Å². The summed E-state index contributed by atoms with van der Waals surface area (Å²) in [6.07, 6.45) is 3.48. The van der Waals surface area contributed by atoms with E-state index in [9.17, 15) is 19.1 Å². The predicted molar refractivity (Wildman–Crippen MR) is 60.5 cm³/mol. The van der Waals surface area contributed by atoms with Crippen LogP contribution in [0.5, 0.6) is 0 Å². The highest BCUT2D eigenvalue weighted by Gasteiger charge is 2.42. The van der Waals surface area contributed by atoms with E-state index >= 15 is 0 Å². The van der Waals surface area contributed by atoms with Crippen molar-refractivity contribution in [3.63, 3.8) is 0 Å². The Morgan fingerprint density at radius 3 is 2.50 bits per heavy atom. The number of hydrogen-bond donors (Lipinski definition) is 2. The largest absolute Gasteiger partial charge is 0.480 e. The van der Waals surface area contributed by atoms with Gasteiger partial charge < -0.3 is 10.4 Å². The molecule has 1 aromatic heterocycles. The van der Waals surface area contributed by atoms with Crippen molar-refractivity contribution in [2.24, 2.45) is 0 Å². The van der Waals surface area contributed by atoms with E-state index in [4.69, 9.17) is 0 Å². The summed E-state index contributed by atoms with van der Waals surface area (Å²) in [5, 5.41) is 11.7. The van der Waals surface area contributed by atoms with Crippen molar-refractivity contribution in [2.75, 3.05) is 0 Å². The maximum Gasteiger partial charge on any atom is 0.329 e. The Balaban J connectivity index is 2.15. The van der Waals surface area contributed by atoms with E-state index in [1.165, 1.54) is 6.07 Å². The molecule has 0 saturated heterocycles. The summed E-state index contributed by atoms with van der Waals surface area (Å²) in [5.74, 6) is -2.24. The van der Waals surface area contributed by atoms with Crippen LogP contribution in [0.3, 0.4) is 0 Å². The lowest BCUT2D eigenvalue weighted by Gasteiger charge is -2.25. The monoisotopic (exact) mass is 252 g/mol. The van der Waals surface area contributed by atoms with Gasteiger partial charge in [0.05, 0.1) is 5.56 Å². The molecule has 0 unspecified atom stereocenters. The summed E-state index contributed by atoms with van der Waals surface area (Å²) in [4.78, 5) is 26.5. The number of nitrogens with zero attached hydrogens (tertiary/aromatic N) is 1. The van der Waals surface area contributed by atoms with Gasteiger partial charge in [0, 0.05) is 6.20 Å². The number of hydrogen-bond acceptors (Lipinski definition) is 3. The first-order valence-corrected chi connectivity index (χ1v) is 5.71. The zero-order valence-corrected chi connectivity index (χ0v) is 9.65. The average molecular weight is 252 g/mol. The van der Waals surface area contributed by atoms with Crippen molar-refractivity contribution >= 4 is 11.9 Å². The Kier molecular flexibility index (Phi) is 3.27. The molecule has 5 nitrogen and oxygen atoms in total. The van der Waals surface area contributed by atoms with Gasteiger partial charge in [-0.25, -0.2) is 9.78 Å². The first-order valence-electron chi connectivity index (χ1n) is 5.71. The summed E-state index contributed by atoms with van der Waals surface area (Å²) in [6, 6.07) is 2.35. The molecule has 0 aromatic carbocycles. The third kappa shape index (κ3) is 2.32. The highest BCUT2D eigenvalue weighted by molar-refractivity contribution is 5.97. The van der Waals surface area contributed by atoms with Gasteiger partial charge >= 0.3 is 5.97 Å². The first kappa shape index (κ1) is 12.5. The molecule has 1 aliphatic carbocycles. The minimum atomic E-state index is -1.19. The molecule has 2 N–H and O–H groups in total. The summed E-state index contributed by atoms with van der Waals surface area (Å²) >= 11 is 0. The van der Waals surface area contributed by atoms with Crippen LogP contribution in [-0.4, -0.2) is 27.5 Å². The molecule has 2 rings (SSSR count). The van der Waals surface area contributed by atoms with Crippen molar-refractivity contribution in [3.05, 3.63) is 29.8 Å². The van der Waals surface area contributed by atoms with Crippen molar-refractivity contribution < 1.29 is 19.1 Å². The van der Waals surface area contributed by atoms with E-state index in [1.807, 2.05) is 0 Å². The number of aliphatic carboxylic acids is 1. The van der Waals surface area contributed by atoms with Crippen LogP contribution in [0.15, 0.2) is 18.3 Å². The van der Waals surface area contributed by atoms with Crippen LogP contribution < -0.4 is 5.32 Å². The second kappa shape index (κ2) is 4.72. The molecule has 1 aromatic rings. The molecule has 1 saturated carbocycles. The third-order valence-corrected chi connectivity index (χ3v) is 3.21. The molecule has 1 fully saturated rings. The number of carboxylic acids is 1. The van der Waals surface area contributed by atoms with E-state index in [-0.39, 0.29) is 5.56 Å². The molecule has 1 heterocycles. The Bertz CT molecular complexity index is 467. The van der Waals surface area contributed by atoms with Gasteiger partial charge in [0.25, 0.3) is 5.91 Å². The predicted octanol–water partition coefficient (Wildman–Crippen LogP) is 1.35. The average Bonchev–Trinajstić information content (AvgIpc) is 2.79. The smallest absolute Gasteiger partial charge is 0.329 e. The Morgan fingerprint density at radius 1 is 1.33 bits per heavy atom. The van der Waals surface area contributed by atoms with Gasteiger partial charge in [-0.3, -0.25) is 4.79 Å². The molecule has 1 amide bonds. The molecule has 1 aliphatic rings. The number of halogens is 1. The lowest BCUT2D eigenvalue weighted by Crippen LogP contribution is -2.52. The highest BCUT2D eigenvalue weighted by Crippen LogP contribution is 2.30. The van der Waals surface area contributed by atoms with Crippen molar-refractivity contribution in [2.45, 2.75) is 31.2 Å². The van der Waals surface area contributed by atoms with E-state index in [1.54, 1.807) is 0 Å². The van der Waals surface area contributed by atoms with Gasteiger partial charge in [-0.1, -0.05) is 12.8 Å². The van der Waals surface area contributed by atoms with Crippen molar-refractivity contribution in [3.8, 4) is 0 Å². The van der Waals surface area contributed by atoms with Crippen molar-refractivity contribution in [1.82, 2.24) is 10.3 Å². The number of amides is 1. The number of nitrogens with one attached hydrogen (secondary N) is 1. The maximum absolute atomic E-state index is 12.6. The zero-order valence-electron chi connectivity index (χ0n) is 9.65. The van der Waals surface area contributed by atoms with Gasteiger partial charge in [-0.05, 0) is 25.0 Å². The van der Waals surface area contributed by atoms with Crippen molar-refractivity contribution in [1.29, 1.82) is 0 Å². The van der Waals surface area contributed by atoms with Gasteiger partial charge in [0.2, 0.25) is 5.95 Å². The van der Waals surface area contributed by atoms with Gasteiger partial charge in [0.1, 0.15) is 5.54 Å². The SMILES string of the molecule is O=C(NC1(C(=O)O)CCCC1)c1ccc(F)nc1. The topological polar surface area (TPSA) is 79.3 Å². The molecule has 96 valence electrons. The van der Waals surface area contributed by atoms with Gasteiger partial charge in [-0.15, -0.1) is 0 Å². The lowest BCUT2D eigenvalue weighted by molar-refractivity contribution is -0.144. The molecule has 18 heavy (non-hydrogen) atoms. The number of aromatic nitrogens is 1. The molecule has 0 aliphatic heterocycles. The summed E-state index contributed by atoms with van der Waals surface area (Å²) in [6.45, 7) is 0. The maximum atomic E-state index is 12.6. The minimum absolute atomic E-state index is 0.156. The molecule has 0 atom stereocenters. The number of carbonyl (C=O) groups excluding carboxylic acids is 1. The molecular formula is C12H13FN2O3. The number of carboxylic acid groups (broad SMARTS) is 1. The quantitative estimate of drug-likeness (QED) is 0.796. The Hall–Kier alpha value is -1.98. The van der Waals surface area contributed by atoms with Crippen LogP contribution in [0.4, 0.5) is 4.39 Å².